The number of halogens is 1. The quantitative estimate of drug-likeness (QED) is 0.895. The highest BCUT2D eigenvalue weighted by atomic mass is 79.9. The summed E-state index contributed by atoms with van der Waals surface area (Å²) in [6.07, 6.45) is 0. The molecule has 0 atom stereocenters. The summed E-state index contributed by atoms with van der Waals surface area (Å²) in [4.78, 5) is 0. The number of benzene rings is 1. The van der Waals surface area contributed by atoms with Gasteiger partial charge in [0.1, 0.15) is 5.69 Å². The number of aliphatic hydroxyl groups excluding tert-OH is 1. The third-order valence-corrected chi connectivity index (χ3v) is 2.57. The van der Waals surface area contributed by atoms with Gasteiger partial charge >= 0.3 is 0 Å². The second-order valence-electron chi connectivity index (χ2n) is 2.81. The summed E-state index contributed by atoms with van der Waals surface area (Å²) in [6.45, 7) is -0.0890. The summed E-state index contributed by atoms with van der Waals surface area (Å²) >= 11 is 3.19. The minimum atomic E-state index is -0.0890. The highest BCUT2D eigenvalue weighted by Crippen LogP contribution is 2.28. The number of rotatable bonds is 2. The van der Waals surface area contributed by atoms with Crippen molar-refractivity contribution in [2.45, 2.75) is 6.61 Å². The molecular weight excluding hydrogens is 246 g/mol. The van der Waals surface area contributed by atoms with E-state index < -0.39 is 0 Å². The Hall–Kier alpha value is -1.13. The first-order chi connectivity index (χ1) is 6.83. The van der Waals surface area contributed by atoms with Gasteiger partial charge < -0.3 is 9.63 Å². The topological polar surface area (TPSA) is 46.3 Å². The average molecular weight is 254 g/mol. The monoisotopic (exact) mass is 253 g/mol. The van der Waals surface area contributed by atoms with Gasteiger partial charge in [-0.05, 0) is 15.9 Å². The highest BCUT2D eigenvalue weighted by molar-refractivity contribution is 9.10. The molecule has 0 amide bonds. The van der Waals surface area contributed by atoms with Crippen LogP contribution in [0.25, 0.3) is 11.3 Å². The van der Waals surface area contributed by atoms with Crippen molar-refractivity contribution >= 4 is 15.9 Å². The zero-order valence-corrected chi connectivity index (χ0v) is 8.86. The van der Waals surface area contributed by atoms with Crippen LogP contribution < -0.4 is 0 Å². The van der Waals surface area contributed by atoms with Crippen LogP contribution in [-0.4, -0.2) is 10.3 Å². The van der Waals surface area contributed by atoms with Crippen LogP contribution in [0.15, 0.2) is 39.5 Å². The fourth-order valence-corrected chi connectivity index (χ4v) is 1.63. The lowest BCUT2D eigenvalue weighted by Gasteiger charge is -1.97. The number of aliphatic hydroxyl groups is 1. The van der Waals surface area contributed by atoms with E-state index in [9.17, 15) is 0 Å². The third-order valence-electron chi connectivity index (χ3n) is 1.95. The average Bonchev–Trinajstić information content (AvgIpc) is 2.61. The zero-order chi connectivity index (χ0) is 9.97. The maximum absolute atomic E-state index is 9.12. The van der Waals surface area contributed by atoms with Gasteiger partial charge in [0.05, 0.1) is 12.2 Å². The van der Waals surface area contributed by atoms with E-state index in [1.807, 2.05) is 30.3 Å². The Balaban J connectivity index is 2.52. The standard InChI is InChI=1S/C10H8BrNO2/c11-10-8(6-13)9(12-14-10)7-4-2-1-3-5-7/h1-5,13H,6H2. The molecule has 2 rings (SSSR count). The Kier molecular flexibility index (Phi) is 2.65. The van der Waals surface area contributed by atoms with Gasteiger partial charge in [-0.2, -0.15) is 0 Å². The summed E-state index contributed by atoms with van der Waals surface area (Å²) in [7, 11) is 0. The molecule has 0 aliphatic heterocycles. The molecule has 0 aliphatic rings. The SMILES string of the molecule is OCc1c(-c2ccccc2)noc1Br. The molecule has 0 bridgehead atoms. The van der Waals surface area contributed by atoms with Gasteiger partial charge in [-0.25, -0.2) is 0 Å². The summed E-state index contributed by atoms with van der Waals surface area (Å²) < 4.78 is 5.43. The van der Waals surface area contributed by atoms with E-state index in [-0.39, 0.29) is 6.61 Å². The van der Waals surface area contributed by atoms with E-state index in [0.717, 1.165) is 5.56 Å². The normalized spacial score (nSPS) is 10.4. The molecular formula is C10H8BrNO2. The van der Waals surface area contributed by atoms with Crippen LogP contribution in [0.3, 0.4) is 0 Å². The van der Waals surface area contributed by atoms with Crippen molar-refractivity contribution in [3.63, 3.8) is 0 Å². The molecule has 72 valence electrons. The molecule has 0 saturated heterocycles. The Morgan fingerprint density at radius 3 is 2.64 bits per heavy atom. The molecule has 14 heavy (non-hydrogen) atoms. The van der Waals surface area contributed by atoms with Crippen LogP contribution in [-0.2, 0) is 6.61 Å². The molecule has 0 fully saturated rings. The molecule has 0 aliphatic carbocycles. The van der Waals surface area contributed by atoms with Crippen molar-refractivity contribution in [2.24, 2.45) is 0 Å². The van der Waals surface area contributed by atoms with E-state index in [2.05, 4.69) is 21.1 Å². The van der Waals surface area contributed by atoms with Gasteiger partial charge in [0.25, 0.3) is 0 Å². The first kappa shape index (κ1) is 9.43. The molecule has 1 N–H and O–H groups in total. The van der Waals surface area contributed by atoms with Crippen LogP contribution in [0.5, 0.6) is 0 Å². The molecule has 0 spiro atoms. The minimum absolute atomic E-state index is 0.0890. The third kappa shape index (κ3) is 1.58. The maximum atomic E-state index is 9.12. The van der Waals surface area contributed by atoms with E-state index in [1.165, 1.54) is 0 Å². The minimum Gasteiger partial charge on any atom is -0.391 e. The van der Waals surface area contributed by atoms with E-state index in [0.29, 0.717) is 15.9 Å². The van der Waals surface area contributed by atoms with Crippen molar-refractivity contribution in [3.05, 3.63) is 40.6 Å². The molecule has 1 aromatic heterocycles. The smallest absolute Gasteiger partial charge is 0.208 e. The second-order valence-corrected chi connectivity index (χ2v) is 3.53. The van der Waals surface area contributed by atoms with Gasteiger partial charge in [0.2, 0.25) is 4.67 Å². The van der Waals surface area contributed by atoms with Crippen LogP contribution >= 0.6 is 15.9 Å². The molecule has 1 aromatic carbocycles. The van der Waals surface area contributed by atoms with Crippen molar-refractivity contribution in [1.29, 1.82) is 0 Å². The molecule has 3 nitrogen and oxygen atoms in total. The molecule has 1 heterocycles. The summed E-state index contributed by atoms with van der Waals surface area (Å²) in [5.74, 6) is 0. The van der Waals surface area contributed by atoms with Crippen molar-refractivity contribution in [2.75, 3.05) is 0 Å². The molecule has 2 aromatic rings. The molecule has 0 radical (unpaired) electrons. The van der Waals surface area contributed by atoms with E-state index in [4.69, 9.17) is 9.63 Å². The fraction of sp³-hybridized carbons (Fsp3) is 0.100. The lowest BCUT2D eigenvalue weighted by molar-refractivity contribution is 0.278. The summed E-state index contributed by atoms with van der Waals surface area (Å²) in [5, 5.41) is 13.0. The van der Waals surface area contributed by atoms with Crippen LogP contribution in [0.4, 0.5) is 0 Å². The Bertz CT molecular complexity index is 425. The summed E-state index contributed by atoms with van der Waals surface area (Å²) in [5.41, 5.74) is 2.29. The molecule has 4 heteroatoms. The first-order valence-electron chi connectivity index (χ1n) is 4.13. The van der Waals surface area contributed by atoms with Crippen LogP contribution in [0.2, 0.25) is 0 Å². The molecule has 0 unspecified atom stereocenters. The van der Waals surface area contributed by atoms with Gasteiger partial charge in [-0.1, -0.05) is 35.5 Å². The Labute approximate surface area is 89.5 Å². The summed E-state index contributed by atoms with van der Waals surface area (Å²) in [6, 6.07) is 9.60. The fourth-order valence-electron chi connectivity index (χ4n) is 1.25. The van der Waals surface area contributed by atoms with Gasteiger partial charge in [0.15, 0.2) is 0 Å². The predicted octanol–water partition coefficient (Wildman–Crippen LogP) is 2.60. The van der Waals surface area contributed by atoms with Gasteiger partial charge in [-0.3, -0.25) is 0 Å². The van der Waals surface area contributed by atoms with E-state index in [1.54, 1.807) is 0 Å². The van der Waals surface area contributed by atoms with Crippen LogP contribution in [0.1, 0.15) is 5.56 Å². The van der Waals surface area contributed by atoms with Crippen molar-refractivity contribution < 1.29 is 9.63 Å². The highest BCUT2D eigenvalue weighted by Gasteiger charge is 2.13. The lowest BCUT2D eigenvalue weighted by Crippen LogP contribution is -1.86. The number of aromatic nitrogens is 1. The Morgan fingerprint density at radius 1 is 1.29 bits per heavy atom. The number of hydrogen-bond donors (Lipinski definition) is 1. The number of hydrogen-bond acceptors (Lipinski definition) is 3. The van der Waals surface area contributed by atoms with Crippen molar-refractivity contribution in [3.8, 4) is 11.3 Å². The lowest BCUT2D eigenvalue weighted by atomic mass is 10.1. The largest absolute Gasteiger partial charge is 0.391 e. The van der Waals surface area contributed by atoms with Gasteiger partial charge in [0, 0.05) is 5.56 Å². The number of nitrogens with zero attached hydrogens (tertiary/aromatic N) is 1. The zero-order valence-electron chi connectivity index (χ0n) is 7.27. The van der Waals surface area contributed by atoms with E-state index >= 15 is 0 Å². The first-order valence-corrected chi connectivity index (χ1v) is 4.92. The van der Waals surface area contributed by atoms with Crippen LogP contribution in [0, 0.1) is 0 Å². The second kappa shape index (κ2) is 3.94. The van der Waals surface area contributed by atoms with Crippen molar-refractivity contribution in [1.82, 2.24) is 5.16 Å². The predicted molar refractivity (Wildman–Crippen MR) is 55.6 cm³/mol. The Morgan fingerprint density at radius 2 is 2.00 bits per heavy atom. The van der Waals surface area contributed by atoms with Gasteiger partial charge in [-0.15, -0.1) is 0 Å². The molecule has 0 saturated carbocycles. The maximum Gasteiger partial charge on any atom is 0.208 e.